The summed E-state index contributed by atoms with van der Waals surface area (Å²) < 4.78 is 1.89. The fraction of sp³-hybridized carbons (Fsp3) is 0.692. The molecule has 106 valence electrons. The van der Waals surface area contributed by atoms with E-state index in [0.717, 1.165) is 13.0 Å². The summed E-state index contributed by atoms with van der Waals surface area (Å²) in [5, 5.41) is 12.5. The predicted octanol–water partition coefficient (Wildman–Crippen LogP) is -0.154. The molecule has 1 saturated heterocycles. The summed E-state index contributed by atoms with van der Waals surface area (Å²) in [6.07, 6.45) is 7.99. The number of rotatable bonds is 7. The molecule has 0 saturated carbocycles. The second kappa shape index (κ2) is 7.25. The van der Waals surface area contributed by atoms with Gasteiger partial charge in [-0.25, -0.2) is 4.98 Å². The fourth-order valence-electron chi connectivity index (χ4n) is 2.42. The molecule has 1 aromatic rings. The Morgan fingerprint density at radius 1 is 1.58 bits per heavy atom. The molecule has 0 spiro atoms. The second-order valence-electron chi connectivity index (χ2n) is 4.91. The van der Waals surface area contributed by atoms with Crippen LogP contribution in [0.5, 0.6) is 0 Å². The molecule has 6 heteroatoms. The van der Waals surface area contributed by atoms with Crippen molar-refractivity contribution in [3.63, 3.8) is 0 Å². The Bertz CT molecular complexity index is 374. The van der Waals surface area contributed by atoms with Crippen molar-refractivity contribution in [2.24, 2.45) is 0 Å². The molecule has 1 aromatic heterocycles. The fourth-order valence-corrected chi connectivity index (χ4v) is 2.42. The highest BCUT2D eigenvalue weighted by Gasteiger charge is 2.20. The summed E-state index contributed by atoms with van der Waals surface area (Å²) in [6, 6.07) is 0.378. The summed E-state index contributed by atoms with van der Waals surface area (Å²) in [6.45, 7) is 2.80. The van der Waals surface area contributed by atoms with E-state index >= 15 is 0 Å². The first kappa shape index (κ1) is 14.0. The van der Waals surface area contributed by atoms with Crippen molar-refractivity contribution in [2.75, 3.05) is 26.2 Å². The molecule has 6 nitrogen and oxygen atoms in total. The number of aromatic nitrogens is 2. The SMILES string of the molecule is O=C(CCn1ccnc1)N(CCO)CC1CCCN1. The lowest BCUT2D eigenvalue weighted by Crippen LogP contribution is -2.42. The lowest BCUT2D eigenvalue weighted by atomic mass is 10.2. The maximum absolute atomic E-state index is 12.2. The molecule has 1 aliphatic heterocycles. The van der Waals surface area contributed by atoms with E-state index in [2.05, 4.69) is 10.3 Å². The molecule has 1 unspecified atom stereocenters. The number of nitrogens with zero attached hydrogens (tertiary/aromatic N) is 3. The molecule has 1 amide bonds. The van der Waals surface area contributed by atoms with Crippen molar-refractivity contribution in [3.8, 4) is 0 Å². The maximum atomic E-state index is 12.2. The van der Waals surface area contributed by atoms with Gasteiger partial charge in [0.2, 0.25) is 5.91 Å². The van der Waals surface area contributed by atoms with E-state index in [0.29, 0.717) is 32.1 Å². The molecule has 0 aliphatic carbocycles. The van der Waals surface area contributed by atoms with Crippen LogP contribution in [0.15, 0.2) is 18.7 Å². The van der Waals surface area contributed by atoms with Crippen LogP contribution < -0.4 is 5.32 Å². The zero-order chi connectivity index (χ0) is 13.5. The van der Waals surface area contributed by atoms with Crippen LogP contribution in [0.4, 0.5) is 0 Å². The third kappa shape index (κ3) is 4.33. The number of carbonyl (C=O) groups is 1. The highest BCUT2D eigenvalue weighted by atomic mass is 16.3. The van der Waals surface area contributed by atoms with Gasteiger partial charge in [-0.3, -0.25) is 4.79 Å². The van der Waals surface area contributed by atoms with Crippen molar-refractivity contribution >= 4 is 5.91 Å². The van der Waals surface area contributed by atoms with E-state index in [9.17, 15) is 4.79 Å². The number of aryl methyl sites for hydroxylation is 1. The number of aliphatic hydroxyl groups excluding tert-OH is 1. The van der Waals surface area contributed by atoms with Gasteiger partial charge in [0, 0.05) is 44.5 Å². The highest BCUT2D eigenvalue weighted by molar-refractivity contribution is 5.76. The van der Waals surface area contributed by atoms with Crippen LogP contribution in [0.25, 0.3) is 0 Å². The molecular formula is C13H22N4O2. The highest BCUT2D eigenvalue weighted by Crippen LogP contribution is 2.08. The zero-order valence-corrected chi connectivity index (χ0v) is 11.2. The summed E-state index contributed by atoms with van der Waals surface area (Å²) in [5.74, 6) is 0.0939. The van der Waals surface area contributed by atoms with E-state index in [1.807, 2.05) is 10.8 Å². The average Bonchev–Trinajstić information content (AvgIpc) is 3.08. The van der Waals surface area contributed by atoms with Crippen molar-refractivity contribution in [1.82, 2.24) is 19.8 Å². The van der Waals surface area contributed by atoms with Crippen molar-refractivity contribution in [1.29, 1.82) is 0 Å². The maximum Gasteiger partial charge on any atom is 0.224 e. The van der Waals surface area contributed by atoms with Crippen molar-refractivity contribution in [2.45, 2.75) is 31.8 Å². The molecule has 19 heavy (non-hydrogen) atoms. The minimum Gasteiger partial charge on any atom is -0.395 e. The molecule has 2 N–H and O–H groups in total. The first-order valence-corrected chi connectivity index (χ1v) is 6.87. The van der Waals surface area contributed by atoms with Crippen LogP contribution in [0.3, 0.4) is 0 Å². The lowest BCUT2D eigenvalue weighted by Gasteiger charge is -2.25. The van der Waals surface area contributed by atoms with Crippen molar-refractivity contribution < 1.29 is 9.90 Å². The Balaban J connectivity index is 1.80. The van der Waals surface area contributed by atoms with Gasteiger partial charge in [-0.2, -0.15) is 0 Å². The average molecular weight is 266 g/mol. The molecular weight excluding hydrogens is 244 g/mol. The minimum atomic E-state index is 0.0174. The lowest BCUT2D eigenvalue weighted by molar-refractivity contribution is -0.132. The smallest absolute Gasteiger partial charge is 0.224 e. The third-order valence-corrected chi connectivity index (χ3v) is 3.47. The molecule has 1 fully saturated rings. The topological polar surface area (TPSA) is 70.4 Å². The molecule has 2 heterocycles. The number of carbonyl (C=O) groups excluding carboxylic acids is 1. The number of imidazole rings is 1. The molecule has 0 radical (unpaired) electrons. The molecule has 0 aromatic carbocycles. The standard InChI is InChI=1S/C13H22N4O2/c18-9-8-17(10-12-2-1-4-15-12)13(19)3-6-16-7-5-14-11-16/h5,7,11-12,15,18H,1-4,6,8-10H2. The Labute approximate surface area is 113 Å². The van der Waals surface area contributed by atoms with Gasteiger partial charge in [-0.15, -0.1) is 0 Å². The minimum absolute atomic E-state index is 0.0174. The summed E-state index contributed by atoms with van der Waals surface area (Å²) in [5.41, 5.74) is 0. The Morgan fingerprint density at radius 3 is 3.11 bits per heavy atom. The van der Waals surface area contributed by atoms with Gasteiger partial charge in [-0.05, 0) is 19.4 Å². The number of nitrogens with one attached hydrogen (secondary N) is 1. The van der Waals surface area contributed by atoms with Gasteiger partial charge in [-0.1, -0.05) is 0 Å². The third-order valence-electron chi connectivity index (χ3n) is 3.47. The van der Waals surface area contributed by atoms with Gasteiger partial charge in [0.05, 0.1) is 12.9 Å². The summed E-state index contributed by atoms with van der Waals surface area (Å²) in [4.78, 5) is 17.9. The number of amides is 1. The number of aliphatic hydroxyl groups is 1. The van der Waals surface area contributed by atoms with Crippen LogP contribution in [-0.2, 0) is 11.3 Å². The van der Waals surface area contributed by atoms with E-state index in [4.69, 9.17) is 5.11 Å². The van der Waals surface area contributed by atoms with Crippen LogP contribution in [0.1, 0.15) is 19.3 Å². The molecule has 1 atom stereocenters. The second-order valence-corrected chi connectivity index (χ2v) is 4.91. The van der Waals surface area contributed by atoms with Crippen LogP contribution >= 0.6 is 0 Å². The molecule has 1 aliphatic rings. The molecule has 2 rings (SSSR count). The monoisotopic (exact) mass is 266 g/mol. The Kier molecular flexibility index (Phi) is 5.35. The quantitative estimate of drug-likeness (QED) is 0.720. The van der Waals surface area contributed by atoms with E-state index < -0.39 is 0 Å². The van der Waals surface area contributed by atoms with Gasteiger partial charge in [0.1, 0.15) is 0 Å². The van der Waals surface area contributed by atoms with E-state index in [-0.39, 0.29) is 12.5 Å². The summed E-state index contributed by atoms with van der Waals surface area (Å²) in [7, 11) is 0. The normalized spacial score (nSPS) is 18.7. The van der Waals surface area contributed by atoms with Gasteiger partial charge in [0.25, 0.3) is 0 Å². The predicted molar refractivity (Wildman–Crippen MR) is 71.5 cm³/mol. The molecule has 0 bridgehead atoms. The largest absolute Gasteiger partial charge is 0.395 e. The van der Waals surface area contributed by atoms with Crippen LogP contribution in [0.2, 0.25) is 0 Å². The Hall–Kier alpha value is -1.40. The number of hydrogen-bond acceptors (Lipinski definition) is 4. The first-order chi connectivity index (χ1) is 9.29. The van der Waals surface area contributed by atoms with Gasteiger partial charge >= 0.3 is 0 Å². The van der Waals surface area contributed by atoms with Gasteiger partial charge < -0.3 is 19.9 Å². The zero-order valence-electron chi connectivity index (χ0n) is 11.2. The first-order valence-electron chi connectivity index (χ1n) is 6.87. The van der Waals surface area contributed by atoms with Crippen LogP contribution in [0, 0.1) is 0 Å². The summed E-state index contributed by atoms with van der Waals surface area (Å²) >= 11 is 0. The van der Waals surface area contributed by atoms with Gasteiger partial charge in [0.15, 0.2) is 0 Å². The van der Waals surface area contributed by atoms with Crippen molar-refractivity contribution in [3.05, 3.63) is 18.7 Å². The van der Waals surface area contributed by atoms with E-state index in [1.54, 1.807) is 17.4 Å². The number of hydrogen-bond donors (Lipinski definition) is 2. The Morgan fingerprint density at radius 2 is 2.47 bits per heavy atom. The van der Waals surface area contributed by atoms with Crippen LogP contribution in [-0.4, -0.2) is 57.7 Å². The van der Waals surface area contributed by atoms with E-state index in [1.165, 1.54) is 6.42 Å².